The minimum atomic E-state index is -2.88. The molecule has 1 unspecified atom stereocenters. The smallest absolute Gasteiger partial charge is 0.379 e. The summed E-state index contributed by atoms with van der Waals surface area (Å²) in [6.45, 7) is 3.15. The maximum Gasteiger partial charge on any atom is 0.695 e. The molecule has 5 atom stereocenters. The third kappa shape index (κ3) is 3.16. The third-order valence-corrected chi connectivity index (χ3v) is 5.30. The Bertz CT molecular complexity index is 806. The Labute approximate surface area is 148 Å². The van der Waals surface area contributed by atoms with Gasteiger partial charge in [0.25, 0.3) is 5.56 Å². The molecular weight excluding hydrogens is 369 g/mol. The Morgan fingerprint density at radius 2 is 2.15 bits per heavy atom. The molecule has 26 heavy (non-hydrogen) atoms. The van der Waals surface area contributed by atoms with Crippen LogP contribution >= 0.6 is 8.25 Å². The fourth-order valence-corrected chi connectivity index (χ4v) is 4.26. The maximum atomic E-state index is 12.1. The first-order valence-electron chi connectivity index (χ1n) is 8.22. The Kier molecular flexibility index (Phi) is 4.78. The average Bonchev–Trinajstić information content (AvgIpc) is 3.06. The molecule has 3 aliphatic heterocycles. The monoisotopic (exact) mass is 388 g/mol. The van der Waals surface area contributed by atoms with Gasteiger partial charge in [-0.1, -0.05) is 0 Å². The van der Waals surface area contributed by atoms with Crippen molar-refractivity contribution in [3.05, 3.63) is 33.1 Å². The highest BCUT2D eigenvalue weighted by Crippen LogP contribution is 2.48. The highest BCUT2D eigenvalue weighted by molar-refractivity contribution is 7.32. The molecule has 4 heterocycles. The molecule has 11 nitrogen and oxygen atoms in total. The number of aromatic nitrogens is 2. The highest BCUT2D eigenvalue weighted by atomic mass is 31.1. The maximum absolute atomic E-state index is 12.1. The molecule has 0 aromatic carbocycles. The van der Waals surface area contributed by atoms with Crippen molar-refractivity contribution in [2.75, 3.05) is 39.5 Å². The topological polar surface area (TPSA) is 132 Å². The van der Waals surface area contributed by atoms with Crippen LogP contribution in [0.15, 0.2) is 21.9 Å². The number of rotatable bonds is 5. The Balaban J connectivity index is 1.64. The number of nitrogens with one attached hydrogen (secondary N) is 1. The summed E-state index contributed by atoms with van der Waals surface area (Å²) in [5.74, 6) is 0. The van der Waals surface area contributed by atoms with Crippen LogP contribution in [-0.2, 0) is 23.3 Å². The summed E-state index contributed by atoms with van der Waals surface area (Å²) in [5.41, 5.74) is -2.16. The molecular formula is C14H19N3O8P+. The van der Waals surface area contributed by atoms with Gasteiger partial charge in [-0.2, -0.15) is 0 Å². The van der Waals surface area contributed by atoms with Gasteiger partial charge in [-0.25, -0.2) is 4.79 Å². The number of nitrogens with zero attached hydrogens (tertiary/aromatic N) is 2. The lowest BCUT2D eigenvalue weighted by atomic mass is 9.98. The van der Waals surface area contributed by atoms with Gasteiger partial charge in [0, 0.05) is 36.5 Å². The second kappa shape index (κ2) is 6.93. The van der Waals surface area contributed by atoms with Crippen LogP contribution in [0.25, 0.3) is 0 Å². The van der Waals surface area contributed by atoms with Crippen LogP contribution in [0.4, 0.5) is 0 Å². The van der Waals surface area contributed by atoms with Gasteiger partial charge in [-0.05, 0) is 0 Å². The summed E-state index contributed by atoms with van der Waals surface area (Å²) in [5, 5.41) is 0. The van der Waals surface area contributed by atoms with E-state index in [1.54, 1.807) is 0 Å². The van der Waals surface area contributed by atoms with Gasteiger partial charge >= 0.3 is 13.9 Å². The van der Waals surface area contributed by atoms with Crippen molar-refractivity contribution in [2.45, 2.75) is 24.0 Å². The van der Waals surface area contributed by atoms with Crippen molar-refractivity contribution < 1.29 is 28.2 Å². The molecule has 142 valence electrons. The second-order valence-corrected chi connectivity index (χ2v) is 7.21. The van der Waals surface area contributed by atoms with Crippen LogP contribution in [0.1, 0.15) is 6.23 Å². The lowest BCUT2D eigenvalue weighted by Gasteiger charge is -2.36. The number of hydrogen-bond acceptors (Lipinski definition) is 8. The van der Waals surface area contributed by atoms with E-state index in [9.17, 15) is 19.0 Å². The van der Waals surface area contributed by atoms with E-state index in [4.69, 9.17) is 18.7 Å². The molecule has 3 saturated heterocycles. The minimum absolute atomic E-state index is 0.178. The Morgan fingerprint density at radius 1 is 1.38 bits per heavy atom. The number of fused-ring (bicyclic) bond motifs is 2. The number of H-pyrrole nitrogens is 1. The van der Waals surface area contributed by atoms with E-state index in [2.05, 4.69) is 9.88 Å². The molecule has 1 aromatic rings. The van der Waals surface area contributed by atoms with Gasteiger partial charge in [0.1, 0.15) is 11.7 Å². The zero-order chi connectivity index (χ0) is 18.3. The molecule has 1 aromatic heterocycles. The molecule has 3 fully saturated rings. The Morgan fingerprint density at radius 3 is 2.85 bits per heavy atom. The fraction of sp³-hybridized carbons (Fsp3) is 0.714. The first-order valence-corrected chi connectivity index (χ1v) is 9.35. The number of morpholine rings is 1. The zero-order valence-corrected chi connectivity index (χ0v) is 14.7. The molecule has 12 heteroatoms. The molecule has 3 aliphatic rings. The van der Waals surface area contributed by atoms with Crippen molar-refractivity contribution in [1.29, 1.82) is 0 Å². The van der Waals surface area contributed by atoms with Crippen LogP contribution in [0.5, 0.6) is 0 Å². The first kappa shape index (κ1) is 17.9. The van der Waals surface area contributed by atoms with Crippen molar-refractivity contribution in [2.24, 2.45) is 0 Å². The van der Waals surface area contributed by atoms with E-state index < -0.39 is 43.5 Å². The van der Waals surface area contributed by atoms with Gasteiger partial charge in [-0.3, -0.25) is 19.2 Å². The van der Waals surface area contributed by atoms with Crippen LogP contribution in [0.2, 0.25) is 0 Å². The molecule has 2 bridgehead atoms. The second-order valence-electron chi connectivity index (χ2n) is 6.52. The summed E-state index contributed by atoms with van der Waals surface area (Å²) < 4.78 is 35.0. The van der Waals surface area contributed by atoms with Gasteiger partial charge in [0.05, 0.1) is 19.8 Å². The molecule has 0 radical (unpaired) electrons. The molecule has 0 amide bonds. The van der Waals surface area contributed by atoms with Crippen molar-refractivity contribution in [3.63, 3.8) is 0 Å². The van der Waals surface area contributed by atoms with Gasteiger partial charge in [0.2, 0.25) is 0 Å². The molecule has 0 aliphatic carbocycles. The van der Waals surface area contributed by atoms with Crippen molar-refractivity contribution >= 4 is 8.25 Å². The third-order valence-electron chi connectivity index (χ3n) is 4.90. The van der Waals surface area contributed by atoms with Gasteiger partial charge in [-0.15, -0.1) is 9.42 Å². The molecule has 0 spiro atoms. The predicted octanol–water partition coefficient (Wildman–Crippen LogP) is -1.43. The minimum Gasteiger partial charge on any atom is -0.379 e. The van der Waals surface area contributed by atoms with E-state index >= 15 is 0 Å². The summed E-state index contributed by atoms with van der Waals surface area (Å²) in [6.07, 6.45) is -1.11. The molecule has 2 N–H and O–H groups in total. The molecule has 4 rings (SSSR count). The highest BCUT2D eigenvalue weighted by Gasteiger charge is 2.66. The number of hydrogen-bond donors (Lipinski definition) is 2. The molecule has 0 saturated carbocycles. The SMILES string of the molecule is O=c1ccn([C@@H]2O[C@@]3(CN4CCOCC4)CO[C@H]2[C@H]3O[P+](=O)O)c(=O)[nH]1. The van der Waals surface area contributed by atoms with E-state index in [1.807, 2.05) is 0 Å². The summed E-state index contributed by atoms with van der Waals surface area (Å²) in [6, 6.07) is 1.20. The number of aromatic amines is 1. The summed E-state index contributed by atoms with van der Waals surface area (Å²) in [4.78, 5) is 37.0. The van der Waals surface area contributed by atoms with Crippen LogP contribution in [0.3, 0.4) is 0 Å². The van der Waals surface area contributed by atoms with E-state index in [0.29, 0.717) is 32.8 Å². The van der Waals surface area contributed by atoms with E-state index in [0.717, 1.165) is 0 Å². The van der Waals surface area contributed by atoms with Crippen molar-refractivity contribution in [3.8, 4) is 0 Å². The lowest BCUT2D eigenvalue weighted by molar-refractivity contribution is -0.183. The quantitative estimate of drug-likeness (QED) is 0.583. The average molecular weight is 388 g/mol. The standard InChI is InChI=1S/C14H18N3O8P/c18-9-1-2-17(13(19)15-9)12-10-11(25-26(20)21)14(24-12,8-23-10)7-16-3-5-22-6-4-16/h1-2,10-12H,3-8H2,(H-,15,18,19,20,21)/p+1/t10-,11+,12+,14-/m0/s1. The van der Waals surface area contributed by atoms with E-state index in [-0.39, 0.29) is 6.61 Å². The summed E-state index contributed by atoms with van der Waals surface area (Å²) >= 11 is 0. The van der Waals surface area contributed by atoms with Crippen LogP contribution in [-0.4, -0.2) is 76.6 Å². The van der Waals surface area contributed by atoms with Crippen LogP contribution < -0.4 is 11.2 Å². The van der Waals surface area contributed by atoms with Crippen LogP contribution in [0, 0.1) is 0 Å². The zero-order valence-electron chi connectivity index (χ0n) is 13.8. The van der Waals surface area contributed by atoms with E-state index in [1.165, 1.54) is 16.8 Å². The largest absolute Gasteiger partial charge is 0.695 e. The lowest BCUT2D eigenvalue weighted by Crippen LogP contribution is -2.53. The van der Waals surface area contributed by atoms with Gasteiger partial charge < -0.3 is 14.2 Å². The Hall–Kier alpha value is -1.46. The normalized spacial score (nSPS) is 35.0. The predicted molar refractivity (Wildman–Crippen MR) is 85.9 cm³/mol. The number of ether oxygens (including phenoxy) is 3. The first-order chi connectivity index (χ1) is 12.5. The fourth-order valence-electron chi connectivity index (χ4n) is 3.75. The van der Waals surface area contributed by atoms with Crippen molar-refractivity contribution in [1.82, 2.24) is 14.5 Å². The summed E-state index contributed by atoms with van der Waals surface area (Å²) in [7, 11) is -2.88. The van der Waals surface area contributed by atoms with Gasteiger partial charge in [0.15, 0.2) is 12.3 Å².